The van der Waals surface area contributed by atoms with Crippen LogP contribution in [0.1, 0.15) is 5.56 Å². The maximum atomic E-state index is 12.0. The SMILES string of the molecule is COc1ccccc1CNC(=O)C(=O)N1CCN(C)CC1. The highest BCUT2D eigenvalue weighted by Gasteiger charge is 2.24. The molecule has 1 heterocycles. The standard InChI is InChI=1S/C15H21N3O3/c1-17-7-9-18(10-8-17)15(20)14(19)16-11-12-5-3-4-6-13(12)21-2/h3-6H,7-11H2,1-2H3,(H,16,19). The predicted octanol–water partition coefficient (Wildman–Crippen LogP) is 0.0854. The van der Waals surface area contributed by atoms with E-state index in [4.69, 9.17) is 4.74 Å². The fraction of sp³-hybridized carbons (Fsp3) is 0.467. The van der Waals surface area contributed by atoms with E-state index in [1.165, 1.54) is 0 Å². The Morgan fingerprint density at radius 1 is 1.19 bits per heavy atom. The second-order valence-corrected chi connectivity index (χ2v) is 5.09. The van der Waals surface area contributed by atoms with Gasteiger partial charge in [0.1, 0.15) is 5.75 Å². The van der Waals surface area contributed by atoms with Crippen molar-refractivity contribution in [3.8, 4) is 5.75 Å². The number of ether oxygens (including phenoxy) is 1. The van der Waals surface area contributed by atoms with E-state index in [1.807, 2.05) is 31.3 Å². The van der Waals surface area contributed by atoms with Gasteiger partial charge in [0.15, 0.2) is 0 Å². The van der Waals surface area contributed by atoms with Crippen LogP contribution in [0.4, 0.5) is 0 Å². The molecule has 1 aromatic rings. The van der Waals surface area contributed by atoms with Crippen molar-refractivity contribution in [1.29, 1.82) is 0 Å². The number of methoxy groups -OCH3 is 1. The molecular weight excluding hydrogens is 270 g/mol. The van der Waals surface area contributed by atoms with Gasteiger partial charge < -0.3 is 19.9 Å². The van der Waals surface area contributed by atoms with Crippen molar-refractivity contribution in [1.82, 2.24) is 15.1 Å². The largest absolute Gasteiger partial charge is 0.496 e. The molecule has 0 aromatic heterocycles. The van der Waals surface area contributed by atoms with E-state index in [-0.39, 0.29) is 6.54 Å². The molecule has 0 saturated carbocycles. The zero-order valence-electron chi connectivity index (χ0n) is 12.5. The summed E-state index contributed by atoms with van der Waals surface area (Å²) < 4.78 is 5.21. The van der Waals surface area contributed by atoms with Crippen LogP contribution >= 0.6 is 0 Å². The molecule has 1 saturated heterocycles. The molecule has 6 heteroatoms. The number of piperazine rings is 1. The van der Waals surface area contributed by atoms with E-state index >= 15 is 0 Å². The summed E-state index contributed by atoms with van der Waals surface area (Å²) in [5, 5.41) is 2.66. The van der Waals surface area contributed by atoms with E-state index in [1.54, 1.807) is 12.0 Å². The number of carbonyl (C=O) groups excluding carboxylic acids is 2. The smallest absolute Gasteiger partial charge is 0.311 e. The number of nitrogens with one attached hydrogen (secondary N) is 1. The molecule has 1 aliphatic rings. The number of nitrogens with zero attached hydrogens (tertiary/aromatic N) is 2. The third kappa shape index (κ3) is 3.95. The van der Waals surface area contributed by atoms with Crippen molar-refractivity contribution in [2.45, 2.75) is 6.54 Å². The van der Waals surface area contributed by atoms with Crippen LogP contribution in [-0.4, -0.2) is 62.0 Å². The average molecular weight is 291 g/mol. The topological polar surface area (TPSA) is 61.9 Å². The molecule has 0 bridgehead atoms. The summed E-state index contributed by atoms with van der Waals surface area (Å²) in [6.07, 6.45) is 0. The Kier molecular flexibility index (Phi) is 5.16. The molecule has 21 heavy (non-hydrogen) atoms. The Morgan fingerprint density at radius 3 is 2.52 bits per heavy atom. The van der Waals surface area contributed by atoms with Crippen molar-refractivity contribution in [3.05, 3.63) is 29.8 Å². The van der Waals surface area contributed by atoms with Crippen molar-refractivity contribution in [2.24, 2.45) is 0 Å². The Morgan fingerprint density at radius 2 is 1.86 bits per heavy atom. The van der Waals surface area contributed by atoms with Gasteiger partial charge in [0.2, 0.25) is 0 Å². The number of rotatable bonds is 3. The average Bonchev–Trinajstić information content (AvgIpc) is 2.52. The molecule has 1 aromatic carbocycles. The molecule has 1 N–H and O–H groups in total. The number of benzene rings is 1. The van der Waals surface area contributed by atoms with E-state index in [0.717, 1.165) is 18.7 Å². The normalized spacial score (nSPS) is 15.6. The lowest BCUT2D eigenvalue weighted by Crippen LogP contribution is -2.51. The van der Waals surface area contributed by atoms with Crippen LogP contribution < -0.4 is 10.1 Å². The number of amides is 2. The van der Waals surface area contributed by atoms with Crippen LogP contribution in [-0.2, 0) is 16.1 Å². The number of carbonyl (C=O) groups is 2. The first-order valence-electron chi connectivity index (χ1n) is 6.99. The van der Waals surface area contributed by atoms with Gasteiger partial charge in [0, 0.05) is 38.3 Å². The Balaban J connectivity index is 1.88. The van der Waals surface area contributed by atoms with E-state index < -0.39 is 11.8 Å². The summed E-state index contributed by atoms with van der Waals surface area (Å²) >= 11 is 0. The Bertz CT molecular complexity index is 511. The van der Waals surface area contributed by atoms with Gasteiger partial charge in [-0.25, -0.2) is 0 Å². The highest BCUT2D eigenvalue weighted by Crippen LogP contribution is 2.16. The van der Waals surface area contributed by atoms with E-state index in [2.05, 4.69) is 10.2 Å². The quantitative estimate of drug-likeness (QED) is 0.802. The fourth-order valence-electron chi connectivity index (χ4n) is 2.25. The van der Waals surface area contributed by atoms with Gasteiger partial charge >= 0.3 is 11.8 Å². The van der Waals surface area contributed by atoms with Crippen LogP contribution in [0.25, 0.3) is 0 Å². The summed E-state index contributed by atoms with van der Waals surface area (Å²) in [5.74, 6) is -0.326. The van der Waals surface area contributed by atoms with Crippen molar-refractivity contribution >= 4 is 11.8 Å². The summed E-state index contributed by atoms with van der Waals surface area (Å²) in [6.45, 7) is 3.06. The third-order valence-electron chi connectivity index (χ3n) is 3.62. The molecule has 114 valence electrons. The van der Waals surface area contributed by atoms with Crippen molar-refractivity contribution in [2.75, 3.05) is 40.3 Å². The second-order valence-electron chi connectivity index (χ2n) is 5.09. The molecule has 6 nitrogen and oxygen atoms in total. The highest BCUT2D eigenvalue weighted by atomic mass is 16.5. The lowest BCUT2D eigenvalue weighted by atomic mass is 10.2. The minimum atomic E-state index is -0.564. The number of para-hydroxylation sites is 1. The molecule has 1 aliphatic heterocycles. The van der Waals surface area contributed by atoms with E-state index in [9.17, 15) is 9.59 Å². The maximum Gasteiger partial charge on any atom is 0.311 e. The first-order valence-corrected chi connectivity index (χ1v) is 6.99. The predicted molar refractivity (Wildman–Crippen MR) is 78.9 cm³/mol. The molecular formula is C15H21N3O3. The van der Waals surface area contributed by atoms with Gasteiger partial charge in [0.25, 0.3) is 0 Å². The van der Waals surface area contributed by atoms with Crippen LogP contribution in [0.3, 0.4) is 0 Å². The summed E-state index contributed by atoms with van der Waals surface area (Å²) in [5.41, 5.74) is 0.847. The van der Waals surface area contributed by atoms with E-state index in [0.29, 0.717) is 18.8 Å². The molecule has 2 rings (SSSR count). The molecule has 0 radical (unpaired) electrons. The minimum absolute atomic E-state index is 0.280. The molecule has 2 amide bonds. The van der Waals surface area contributed by atoms with Gasteiger partial charge in [0.05, 0.1) is 7.11 Å². The first-order chi connectivity index (χ1) is 10.1. The van der Waals surface area contributed by atoms with Gasteiger partial charge in [-0.05, 0) is 13.1 Å². The van der Waals surface area contributed by atoms with Gasteiger partial charge in [-0.2, -0.15) is 0 Å². The Hall–Kier alpha value is -2.08. The molecule has 0 unspecified atom stereocenters. The zero-order valence-corrected chi connectivity index (χ0v) is 12.5. The zero-order chi connectivity index (χ0) is 15.2. The minimum Gasteiger partial charge on any atom is -0.496 e. The first kappa shape index (κ1) is 15.3. The highest BCUT2D eigenvalue weighted by molar-refractivity contribution is 6.35. The maximum absolute atomic E-state index is 12.0. The Labute approximate surface area is 124 Å². The number of hydrogen-bond donors (Lipinski definition) is 1. The molecule has 0 spiro atoms. The molecule has 1 fully saturated rings. The van der Waals surface area contributed by atoms with Gasteiger partial charge in [-0.1, -0.05) is 18.2 Å². The van der Waals surface area contributed by atoms with Crippen LogP contribution in [0.5, 0.6) is 5.75 Å². The number of likely N-dealkylation sites (N-methyl/N-ethyl adjacent to an activating group) is 1. The number of hydrogen-bond acceptors (Lipinski definition) is 4. The lowest BCUT2D eigenvalue weighted by Gasteiger charge is -2.31. The van der Waals surface area contributed by atoms with Crippen LogP contribution in [0.15, 0.2) is 24.3 Å². The monoisotopic (exact) mass is 291 g/mol. The van der Waals surface area contributed by atoms with Gasteiger partial charge in [-0.15, -0.1) is 0 Å². The lowest BCUT2D eigenvalue weighted by molar-refractivity contribution is -0.146. The molecule has 0 aliphatic carbocycles. The summed E-state index contributed by atoms with van der Waals surface area (Å²) in [7, 11) is 3.58. The van der Waals surface area contributed by atoms with Crippen molar-refractivity contribution in [3.63, 3.8) is 0 Å². The van der Waals surface area contributed by atoms with Crippen LogP contribution in [0.2, 0.25) is 0 Å². The van der Waals surface area contributed by atoms with Gasteiger partial charge in [-0.3, -0.25) is 9.59 Å². The third-order valence-corrected chi connectivity index (χ3v) is 3.62. The van der Waals surface area contributed by atoms with Crippen LogP contribution in [0, 0.1) is 0 Å². The molecule has 0 atom stereocenters. The summed E-state index contributed by atoms with van der Waals surface area (Å²) in [6, 6.07) is 7.41. The summed E-state index contributed by atoms with van der Waals surface area (Å²) in [4.78, 5) is 27.7. The second kappa shape index (κ2) is 7.08. The fourth-order valence-corrected chi connectivity index (χ4v) is 2.25. The van der Waals surface area contributed by atoms with Crippen molar-refractivity contribution < 1.29 is 14.3 Å².